The monoisotopic (exact) mass is 415 g/mol. The van der Waals surface area contributed by atoms with Crippen LogP contribution in [-0.4, -0.2) is 51.0 Å². The highest BCUT2D eigenvalue weighted by atomic mass is 16.4. The van der Waals surface area contributed by atoms with E-state index in [1.54, 1.807) is 13.1 Å². The number of H-pyrrole nitrogens is 1. The lowest BCUT2D eigenvalue weighted by Crippen LogP contribution is -2.56. The molecule has 0 spiro atoms. The van der Waals surface area contributed by atoms with Gasteiger partial charge in [-0.2, -0.15) is 0 Å². The number of imidazole rings is 1. The Morgan fingerprint density at radius 3 is 2.40 bits per heavy atom. The number of aromatic nitrogens is 2. The van der Waals surface area contributed by atoms with E-state index < -0.39 is 35.9 Å². The molecular formula is C21H29N5O4. The van der Waals surface area contributed by atoms with Crippen LogP contribution in [0.4, 0.5) is 0 Å². The maximum atomic E-state index is 12.9. The number of nitrogens with zero attached hydrogens (tertiary/aromatic N) is 1. The molecule has 0 fully saturated rings. The van der Waals surface area contributed by atoms with E-state index in [2.05, 4.69) is 20.6 Å². The van der Waals surface area contributed by atoms with Crippen molar-refractivity contribution in [2.45, 2.75) is 51.2 Å². The van der Waals surface area contributed by atoms with Crippen LogP contribution in [-0.2, 0) is 27.2 Å². The van der Waals surface area contributed by atoms with Gasteiger partial charge in [0.1, 0.15) is 12.1 Å². The predicted octanol–water partition coefficient (Wildman–Crippen LogP) is 0.623. The average Bonchev–Trinajstić information content (AvgIpc) is 3.24. The van der Waals surface area contributed by atoms with Gasteiger partial charge in [0.15, 0.2) is 0 Å². The van der Waals surface area contributed by atoms with Crippen LogP contribution in [0.25, 0.3) is 0 Å². The summed E-state index contributed by atoms with van der Waals surface area (Å²) in [7, 11) is 0. The van der Waals surface area contributed by atoms with Gasteiger partial charge in [0.2, 0.25) is 11.8 Å². The van der Waals surface area contributed by atoms with Gasteiger partial charge < -0.3 is 26.5 Å². The Bertz CT molecular complexity index is 825. The molecule has 1 heterocycles. The van der Waals surface area contributed by atoms with Gasteiger partial charge >= 0.3 is 5.97 Å². The van der Waals surface area contributed by atoms with E-state index in [-0.39, 0.29) is 12.3 Å². The van der Waals surface area contributed by atoms with Gasteiger partial charge in [-0.1, -0.05) is 50.6 Å². The van der Waals surface area contributed by atoms with Gasteiger partial charge in [-0.05, 0) is 17.9 Å². The van der Waals surface area contributed by atoms with Crippen molar-refractivity contribution in [2.75, 3.05) is 0 Å². The summed E-state index contributed by atoms with van der Waals surface area (Å²) in [6.07, 6.45) is 4.03. The van der Waals surface area contributed by atoms with Gasteiger partial charge in [0, 0.05) is 18.3 Å². The average molecular weight is 415 g/mol. The number of carboxylic acid groups (broad SMARTS) is 1. The normalized spacial score (nSPS) is 14.9. The third kappa shape index (κ3) is 6.70. The van der Waals surface area contributed by atoms with Gasteiger partial charge in [-0.15, -0.1) is 0 Å². The topological polar surface area (TPSA) is 150 Å². The lowest BCUT2D eigenvalue weighted by atomic mass is 9.98. The number of benzene rings is 1. The second-order valence-corrected chi connectivity index (χ2v) is 7.35. The molecule has 0 aliphatic heterocycles. The molecule has 0 bridgehead atoms. The van der Waals surface area contributed by atoms with Crippen LogP contribution in [0.3, 0.4) is 0 Å². The van der Waals surface area contributed by atoms with Crippen molar-refractivity contribution in [3.8, 4) is 0 Å². The third-order valence-corrected chi connectivity index (χ3v) is 5.02. The SMILES string of the molecule is CC[C@H](C)[C@H](NC(=O)[C@H](Cc1cnc[nH]1)NC(=O)[C@@H](N)Cc1ccccc1)C(=O)O. The molecule has 162 valence electrons. The smallest absolute Gasteiger partial charge is 0.326 e. The maximum Gasteiger partial charge on any atom is 0.326 e. The van der Waals surface area contributed by atoms with Gasteiger partial charge in [0.25, 0.3) is 0 Å². The number of hydrogen-bond donors (Lipinski definition) is 5. The largest absolute Gasteiger partial charge is 0.480 e. The fourth-order valence-electron chi connectivity index (χ4n) is 3.00. The van der Waals surface area contributed by atoms with Crippen molar-refractivity contribution in [1.29, 1.82) is 0 Å². The van der Waals surface area contributed by atoms with E-state index in [4.69, 9.17) is 5.73 Å². The number of rotatable bonds is 11. The molecule has 4 atom stereocenters. The van der Waals surface area contributed by atoms with E-state index in [1.807, 2.05) is 37.3 Å². The Balaban J connectivity index is 2.10. The van der Waals surface area contributed by atoms with Crippen LogP contribution in [0, 0.1) is 5.92 Å². The number of aliphatic carboxylic acids is 1. The van der Waals surface area contributed by atoms with E-state index in [9.17, 15) is 19.5 Å². The number of nitrogens with one attached hydrogen (secondary N) is 3. The fraction of sp³-hybridized carbons (Fsp3) is 0.429. The van der Waals surface area contributed by atoms with Crippen molar-refractivity contribution < 1.29 is 19.5 Å². The molecule has 6 N–H and O–H groups in total. The van der Waals surface area contributed by atoms with E-state index >= 15 is 0 Å². The minimum Gasteiger partial charge on any atom is -0.480 e. The number of aromatic amines is 1. The molecule has 9 heteroatoms. The first-order valence-corrected chi connectivity index (χ1v) is 9.92. The Labute approximate surface area is 175 Å². The fourth-order valence-corrected chi connectivity index (χ4v) is 3.00. The summed E-state index contributed by atoms with van der Waals surface area (Å²) in [5.74, 6) is -2.47. The minimum atomic E-state index is -1.12. The molecule has 0 unspecified atom stereocenters. The second kappa shape index (κ2) is 11.1. The number of hydrogen-bond acceptors (Lipinski definition) is 5. The van der Waals surface area contributed by atoms with E-state index in [0.717, 1.165) is 5.56 Å². The van der Waals surface area contributed by atoms with Crippen molar-refractivity contribution in [3.63, 3.8) is 0 Å². The van der Waals surface area contributed by atoms with Crippen LogP contribution in [0.1, 0.15) is 31.5 Å². The molecule has 0 aliphatic rings. The zero-order valence-electron chi connectivity index (χ0n) is 17.2. The summed E-state index contributed by atoms with van der Waals surface area (Å²) in [5, 5.41) is 14.7. The zero-order chi connectivity index (χ0) is 22.1. The van der Waals surface area contributed by atoms with E-state index in [1.165, 1.54) is 6.33 Å². The minimum absolute atomic E-state index is 0.127. The molecule has 0 aliphatic carbocycles. The molecule has 2 aromatic rings. The van der Waals surface area contributed by atoms with Crippen molar-refractivity contribution >= 4 is 17.8 Å². The van der Waals surface area contributed by atoms with Gasteiger partial charge in [0.05, 0.1) is 12.4 Å². The molecule has 0 saturated carbocycles. The highest BCUT2D eigenvalue weighted by molar-refractivity contribution is 5.92. The van der Waals surface area contributed by atoms with Crippen molar-refractivity contribution in [1.82, 2.24) is 20.6 Å². The quantitative estimate of drug-likeness (QED) is 0.363. The molecule has 1 aromatic carbocycles. The summed E-state index contributed by atoms with van der Waals surface area (Å²) in [5.41, 5.74) is 7.56. The molecule has 0 radical (unpaired) electrons. The molecule has 0 saturated heterocycles. The molecule has 2 amide bonds. The van der Waals surface area contributed by atoms with Crippen molar-refractivity contribution in [2.24, 2.45) is 11.7 Å². The van der Waals surface area contributed by atoms with Crippen LogP contribution < -0.4 is 16.4 Å². The molecule has 1 aromatic heterocycles. The maximum absolute atomic E-state index is 12.9. The Hall–Kier alpha value is -3.20. The zero-order valence-corrected chi connectivity index (χ0v) is 17.2. The standard InChI is InChI=1S/C21H29N5O4/c1-3-13(2)18(21(29)30)26-20(28)17(10-15-11-23-12-24-15)25-19(27)16(22)9-14-7-5-4-6-8-14/h4-8,11-13,16-18H,3,9-10,22H2,1-2H3,(H,23,24)(H,25,27)(H,26,28)(H,29,30)/t13-,16-,17-,18-/m0/s1. The summed E-state index contributed by atoms with van der Waals surface area (Å²) in [6, 6.07) is 6.42. The molecular weight excluding hydrogens is 386 g/mol. The van der Waals surface area contributed by atoms with Crippen LogP contribution >= 0.6 is 0 Å². The Kier molecular flexibility index (Phi) is 8.54. The number of carboxylic acids is 1. The highest BCUT2D eigenvalue weighted by Crippen LogP contribution is 2.09. The van der Waals surface area contributed by atoms with Crippen LogP contribution in [0.2, 0.25) is 0 Å². The summed E-state index contributed by atoms with van der Waals surface area (Å²) < 4.78 is 0. The highest BCUT2D eigenvalue weighted by Gasteiger charge is 2.30. The van der Waals surface area contributed by atoms with Gasteiger partial charge in [-0.25, -0.2) is 9.78 Å². The summed E-state index contributed by atoms with van der Waals surface area (Å²) in [4.78, 5) is 43.9. The Morgan fingerprint density at radius 2 is 1.83 bits per heavy atom. The number of amides is 2. The first-order valence-electron chi connectivity index (χ1n) is 9.92. The second-order valence-electron chi connectivity index (χ2n) is 7.35. The number of carbonyl (C=O) groups is 3. The lowest BCUT2D eigenvalue weighted by Gasteiger charge is -2.25. The molecule has 30 heavy (non-hydrogen) atoms. The predicted molar refractivity (Wildman–Crippen MR) is 111 cm³/mol. The van der Waals surface area contributed by atoms with Crippen LogP contribution in [0.15, 0.2) is 42.9 Å². The first kappa shape index (κ1) is 23.1. The summed E-state index contributed by atoms with van der Waals surface area (Å²) in [6.45, 7) is 3.59. The first-order chi connectivity index (χ1) is 14.3. The summed E-state index contributed by atoms with van der Waals surface area (Å²) >= 11 is 0. The Morgan fingerprint density at radius 1 is 1.13 bits per heavy atom. The molecule has 2 rings (SSSR count). The van der Waals surface area contributed by atoms with Crippen molar-refractivity contribution in [3.05, 3.63) is 54.1 Å². The molecule has 9 nitrogen and oxygen atoms in total. The van der Waals surface area contributed by atoms with E-state index in [0.29, 0.717) is 18.5 Å². The van der Waals surface area contributed by atoms with Crippen LogP contribution in [0.5, 0.6) is 0 Å². The third-order valence-electron chi connectivity index (χ3n) is 5.02. The lowest BCUT2D eigenvalue weighted by molar-refractivity contribution is -0.143. The van der Waals surface area contributed by atoms with Gasteiger partial charge in [-0.3, -0.25) is 9.59 Å². The number of nitrogens with two attached hydrogens (primary N) is 1. The number of carbonyl (C=O) groups excluding carboxylic acids is 2.